The van der Waals surface area contributed by atoms with Crippen LogP contribution in [0.25, 0.3) is 0 Å². The van der Waals surface area contributed by atoms with Crippen molar-refractivity contribution >= 4 is 18.1 Å². The van der Waals surface area contributed by atoms with E-state index in [1.54, 1.807) is 23.1 Å². The van der Waals surface area contributed by atoms with Crippen molar-refractivity contribution in [1.82, 2.24) is 15.1 Å². The summed E-state index contributed by atoms with van der Waals surface area (Å²) in [6, 6.07) is 2.32. The monoisotopic (exact) mass is 543 g/mol. The summed E-state index contributed by atoms with van der Waals surface area (Å²) >= 11 is 0. The number of aliphatic hydroxyl groups is 2. The van der Waals surface area contributed by atoms with Gasteiger partial charge in [0.2, 0.25) is 11.8 Å². The van der Waals surface area contributed by atoms with Crippen molar-refractivity contribution in [3.05, 3.63) is 47.6 Å². The van der Waals surface area contributed by atoms with Crippen molar-refractivity contribution in [2.45, 2.75) is 37.0 Å². The third-order valence-electron chi connectivity index (χ3n) is 7.41. The predicted molar refractivity (Wildman–Crippen MR) is 142 cm³/mol. The fourth-order valence-electron chi connectivity index (χ4n) is 5.44. The van der Waals surface area contributed by atoms with Gasteiger partial charge in [0, 0.05) is 55.8 Å². The number of carbonyl (C=O) groups excluding carboxylic acids is 3. The van der Waals surface area contributed by atoms with Crippen LogP contribution in [-0.2, 0) is 14.3 Å². The number of aldehydes is 1. The Kier molecular flexibility index (Phi) is 9.73. The van der Waals surface area contributed by atoms with Crippen LogP contribution < -0.4 is 14.8 Å². The van der Waals surface area contributed by atoms with Gasteiger partial charge in [-0.1, -0.05) is 6.08 Å². The number of hydrogen-bond donors (Lipinski definition) is 3. The van der Waals surface area contributed by atoms with Gasteiger partial charge in [-0.15, -0.1) is 6.58 Å². The summed E-state index contributed by atoms with van der Waals surface area (Å²) in [6.07, 6.45) is 2.59. The molecule has 3 aliphatic rings. The van der Waals surface area contributed by atoms with E-state index in [0.717, 1.165) is 13.1 Å². The van der Waals surface area contributed by atoms with Crippen molar-refractivity contribution in [1.29, 1.82) is 0 Å². The van der Waals surface area contributed by atoms with Gasteiger partial charge in [0.25, 0.3) is 0 Å². The zero-order chi connectivity index (χ0) is 27.9. The van der Waals surface area contributed by atoms with E-state index in [1.807, 2.05) is 0 Å². The van der Waals surface area contributed by atoms with Crippen LogP contribution in [0.4, 0.5) is 0 Å². The molecule has 1 aromatic rings. The summed E-state index contributed by atoms with van der Waals surface area (Å²) in [6.45, 7) is 7.14. The molecule has 0 bridgehead atoms. The summed E-state index contributed by atoms with van der Waals surface area (Å²) in [5.41, 5.74) is 1.18. The van der Waals surface area contributed by atoms with Crippen LogP contribution in [0.15, 0.2) is 36.4 Å². The third kappa shape index (κ3) is 6.17. The van der Waals surface area contributed by atoms with Gasteiger partial charge in [0.1, 0.15) is 18.5 Å². The number of benzene rings is 1. The smallest absolute Gasteiger partial charge is 0.247 e. The first kappa shape index (κ1) is 28.8. The number of nitrogens with zero attached hydrogens (tertiary/aromatic N) is 2. The minimum Gasteiger partial charge on any atom is -0.493 e. The molecule has 1 fully saturated rings. The van der Waals surface area contributed by atoms with E-state index in [-0.39, 0.29) is 25.5 Å². The van der Waals surface area contributed by atoms with Gasteiger partial charge in [-0.2, -0.15) is 0 Å². The topological polar surface area (TPSA) is 138 Å². The van der Waals surface area contributed by atoms with Gasteiger partial charge in [-0.25, -0.2) is 0 Å². The molecule has 1 saturated heterocycles. The number of amides is 2. The largest absolute Gasteiger partial charge is 0.493 e. The van der Waals surface area contributed by atoms with Gasteiger partial charge < -0.3 is 34.6 Å². The lowest BCUT2D eigenvalue weighted by Crippen LogP contribution is -2.57. The van der Waals surface area contributed by atoms with Crippen molar-refractivity contribution < 1.29 is 38.8 Å². The van der Waals surface area contributed by atoms with E-state index in [4.69, 9.17) is 14.2 Å². The minimum atomic E-state index is -1.17. The SMILES string of the molecule is C=CCCC(=O)N(CCN1CCOCC1)C1C=C(C(=O)NCCO)C2c3cc(C=O)cc(OC)c3OC2C1O. The second kappa shape index (κ2) is 13.2. The van der Waals surface area contributed by atoms with Crippen LogP contribution in [0.5, 0.6) is 11.5 Å². The maximum absolute atomic E-state index is 13.4. The highest BCUT2D eigenvalue weighted by Crippen LogP contribution is 2.51. The number of aliphatic hydroxyl groups excluding tert-OH is 2. The minimum absolute atomic E-state index is 0.0329. The van der Waals surface area contributed by atoms with Crippen LogP contribution in [0.3, 0.4) is 0 Å². The van der Waals surface area contributed by atoms with Gasteiger partial charge in [0.05, 0.1) is 38.9 Å². The molecule has 3 N–H and O–H groups in total. The molecule has 11 nitrogen and oxygen atoms in total. The number of allylic oxidation sites excluding steroid dienone is 1. The molecule has 0 radical (unpaired) electrons. The average Bonchev–Trinajstić information content (AvgIpc) is 3.35. The van der Waals surface area contributed by atoms with Gasteiger partial charge >= 0.3 is 0 Å². The quantitative estimate of drug-likeness (QED) is 0.250. The Morgan fingerprint density at radius 3 is 2.74 bits per heavy atom. The lowest BCUT2D eigenvalue weighted by molar-refractivity contribution is -0.137. The number of nitrogens with one attached hydrogen (secondary N) is 1. The van der Waals surface area contributed by atoms with Crippen molar-refractivity contribution in [3.8, 4) is 11.5 Å². The van der Waals surface area contributed by atoms with E-state index in [9.17, 15) is 24.6 Å². The highest BCUT2D eigenvalue weighted by molar-refractivity contribution is 5.96. The van der Waals surface area contributed by atoms with Crippen molar-refractivity contribution in [2.24, 2.45) is 0 Å². The van der Waals surface area contributed by atoms with Gasteiger partial charge in [-0.05, 0) is 24.6 Å². The molecule has 2 aliphatic heterocycles. The zero-order valence-electron chi connectivity index (χ0n) is 22.2. The van der Waals surface area contributed by atoms with Crippen molar-refractivity contribution in [2.75, 3.05) is 59.7 Å². The maximum atomic E-state index is 13.4. The average molecular weight is 544 g/mol. The summed E-state index contributed by atoms with van der Waals surface area (Å²) < 4.78 is 17.1. The summed E-state index contributed by atoms with van der Waals surface area (Å²) in [5.74, 6) is -0.670. The molecule has 1 aromatic carbocycles. The van der Waals surface area contributed by atoms with Crippen LogP contribution >= 0.6 is 0 Å². The lowest BCUT2D eigenvalue weighted by Gasteiger charge is -2.41. The standard InChI is InChI=1S/C28H37N3O8/c1-3-4-5-23(34)31(8-7-30-9-12-38-13-10-30)21-16-20(28(36)29-6-11-32)24-19-14-18(17-33)15-22(37-2)26(19)39-27(24)25(21)35/h3,14-17,21,24-25,27,32,35H,1,4-13H2,2H3,(H,29,36). The molecule has 11 heteroatoms. The Morgan fingerprint density at radius 1 is 1.31 bits per heavy atom. The maximum Gasteiger partial charge on any atom is 0.247 e. The molecule has 1 aliphatic carbocycles. The highest BCUT2D eigenvalue weighted by atomic mass is 16.5. The third-order valence-corrected chi connectivity index (χ3v) is 7.41. The van der Waals surface area contributed by atoms with Crippen molar-refractivity contribution in [3.63, 3.8) is 0 Å². The second-order valence-electron chi connectivity index (χ2n) is 9.77. The lowest BCUT2D eigenvalue weighted by atomic mass is 9.77. The van der Waals surface area contributed by atoms with Crippen LogP contribution in [0, 0.1) is 0 Å². The molecular formula is C28H37N3O8. The molecular weight excluding hydrogens is 506 g/mol. The number of methoxy groups -OCH3 is 1. The van der Waals surface area contributed by atoms with E-state index in [1.165, 1.54) is 13.2 Å². The van der Waals surface area contributed by atoms with E-state index >= 15 is 0 Å². The molecule has 4 rings (SSSR count). The molecule has 4 atom stereocenters. The molecule has 0 spiro atoms. The summed E-state index contributed by atoms with van der Waals surface area (Å²) in [4.78, 5) is 42.2. The predicted octanol–water partition coefficient (Wildman–Crippen LogP) is 0.257. The Balaban J connectivity index is 1.73. The summed E-state index contributed by atoms with van der Waals surface area (Å²) in [5, 5.41) is 23.6. The first-order chi connectivity index (χ1) is 18.9. The number of rotatable bonds is 12. The van der Waals surface area contributed by atoms with Crippen LogP contribution in [-0.4, -0.2) is 116 Å². The zero-order valence-corrected chi connectivity index (χ0v) is 22.2. The fraction of sp³-hybridized carbons (Fsp3) is 0.536. The summed E-state index contributed by atoms with van der Waals surface area (Å²) in [7, 11) is 1.45. The number of morpholine rings is 1. The first-order valence-corrected chi connectivity index (χ1v) is 13.3. The molecule has 212 valence electrons. The van der Waals surface area contributed by atoms with E-state index < -0.39 is 30.1 Å². The molecule has 2 heterocycles. The molecule has 39 heavy (non-hydrogen) atoms. The number of fused-ring (bicyclic) bond motifs is 3. The molecule has 4 unspecified atom stereocenters. The van der Waals surface area contributed by atoms with E-state index in [0.29, 0.717) is 67.2 Å². The Morgan fingerprint density at radius 2 is 2.08 bits per heavy atom. The van der Waals surface area contributed by atoms with Gasteiger partial charge in [0.15, 0.2) is 11.5 Å². The highest BCUT2D eigenvalue weighted by Gasteiger charge is 2.51. The molecule has 2 amide bonds. The first-order valence-electron chi connectivity index (χ1n) is 13.3. The molecule has 0 aromatic heterocycles. The molecule has 0 saturated carbocycles. The Hall–Kier alpha value is -3.25. The van der Waals surface area contributed by atoms with Gasteiger partial charge in [-0.3, -0.25) is 19.3 Å². The number of ether oxygens (including phenoxy) is 3. The Bertz CT molecular complexity index is 1100. The van der Waals surface area contributed by atoms with E-state index in [2.05, 4.69) is 16.8 Å². The number of hydrogen-bond acceptors (Lipinski definition) is 9. The normalized spacial score (nSPS) is 24.0. The Labute approximate surface area is 228 Å². The van der Waals surface area contributed by atoms with Crippen LogP contribution in [0.1, 0.15) is 34.7 Å². The second-order valence-corrected chi connectivity index (χ2v) is 9.77. The number of carbonyl (C=O) groups is 3. The van der Waals surface area contributed by atoms with Crippen LogP contribution in [0.2, 0.25) is 0 Å². The fourth-order valence-corrected chi connectivity index (χ4v) is 5.44.